The molecule has 7 nitrogen and oxygen atoms in total. The summed E-state index contributed by atoms with van der Waals surface area (Å²) in [6.45, 7) is 6.64. The number of hydrogen-bond acceptors (Lipinski definition) is 4. The van der Waals surface area contributed by atoms with Gasteiger partial charge >= 0.3 is 5.97 Å². The van der Waals surface area contributed by atoms with Crippen molar-refractivity contribution < 1.29 is 24.0 Å². The standard InChI is InChI=1S/C20H27N3O4/c1-4-27-20(25)19-18(15-10-14(26-3)7-8-16(15)21-19)22-17(24)12-23-9-5-6-13(2)11-23/h7-8,10,13,21H,4-6,9,11-12H2,1-3H3,(H,22,24)/p+1/t13-/m0/s1. The van der Waals surface area contributed by atoms with Crippen molar-refractivity contribution in [3.05, 3.63) is 23.9 Å². The minimum Gasteiger partial charge on any atom is -0.497 e. The first-order valence-corrected chi connectivity index (χ1v) is 9.52. The Morgan fingerprint density at radius 3 is 2.89 bits per heavy atom. The van der Waals surface area contributed by atoms with Crippen LogP contribution in [-0.4, -0.2) is 50.2 Å². The van der Waals surface area contributed by atoms with Crippen molar-refractivity contribution in [2.75, 3.05) is 38.7 Å². The van der Waals surface area contributed by atoms with Gasteiger partial charge in [0.05, 0.1) is 32.5 Å². The van der Waals surface area contributed by atoms with Crippen LogP contribution in [0.1, 0.15) is 37.2 Å². The third-order valence-corrected chi connectivity index (χ3v) is 5.02. The maximum absolute atomic E-state index is 12.7. The third kappa shape index (κ3) is 4.42. The van der Waals surface area contributed by atoms with Crippen LogP contribution >= 0.6 is 0 Å². The largest absolute Gasteiger partial charge is 0.497 e. The molecule has 1 aromatic carbocycles. The van der Waals surface area contributed by atoms with Crippen LogP contribution < -0.4 is 15.0 Å². The number of fused-ring (bicyclic) bond motifs is 1. The van der Waals surface area contributed by atoms with E-state index >= 15 is 0 Å². The monoisotopic (exact) mass is 374 g/mol. The van der Waals surface area contributed by atoms with Crippen LogP contribution in [0.4, 0.5) is 5.69 Å². The Bertz CT molecular complexity index is 830. The van der Waals surface area contributed by atoms with Crippen LogP contribution in [0, 0.1) is 5.92 Å². The van der Waals surface area contributed by atoms with Gasteiger partial charge < -0.3 is 24.7 Å². The van der Waals surface area contributed by atoms with Gasteiger partial charge in [-0.25, -0.2) is 4.79 Å². The number of ether oxygens (including phenoxy) is 2. The summed E-state index contributed by atoms with van der Waals surface area (Å²) in [5, 5.41) is 3.67. The van der Waals surface area contributed by atoms with Gasteiger partial charge in [-0.15, -0.1) is 0 Å². The summed E-state index contributed by atoms with van der Waals surface area (Å²) < 4.78 is 10.4. The van der Waals surface area contributed by atoms with E-state index in [1.165, 1.54) is 11.3 Å². The van der Waals surface area contributed by atoms with Crippen LogP contribution in [0.2, 0.25) is 0 Å². The van der Waals surface area contributed by atoms with E-state index in [4.69, 9.17) is 9.47 Å². The molecule has 0 radical (unpaired) electrons. The molecule has 1 unspecified atom stereocenters. The van der Waals surface area contributed by atoms with E-state index in [1.54, 1.807) is 26.2 Å². The van der Waals surface area contributed by atoms with E-state index in [0.717, 1.165) is 30.4 Å². The van der Waals surface area contributed by atoms with Crippen LogP contribution in [0.3, 0.4) is 0 Å². The molecular weight excluding hydrogens is 346 g/mol. The number of aromatic nitrogens is 1. The van der Waals surface area contributed by atoms with Gasteiger partial charge in [-0.3, -0.25) is 4.79 Å². The van der Waals surface area contributed by atoms with E-state index in [2.05, 4.69) is 17.2 Å². The van der Waals surface area contributed by atoms with E-state index in [1.807, 2.05) is 6.07 Å². The van der Waals surface area contributed by atoms with Gasteiger partial charge in [0.1, 0.15) is 11.4 Å². The highest BCUT2D eigenvalue weighted by Crippen LogP contribution is 2.31. The minimum atomic E-state index is -0.484. The van der Waals surface area contributed by atoms with Crippen molar-refractivity contribution in [2.45, 2.75) is 26.7 Å². The van der Waals surface area contributed by atoms with Crippen LogP contribution in [0.5, 0.6) is 5.75 Å². The normalized spacial score (nSPS) is 19.7. The second kappa shape index (κ2) is 8.43. The number of rotatable bonds is 6. The molecule has 3 N–H and O–H groups in total. The van der Waals surface area contributed by atoms with E-state index in [0.29, 0.717) is 23.9 Å². The molecule has 2 atom stereocenters. The Labute approximate surface area is 159 Å². The molecule has 0 aliphatic carbocycles. The molecule has 1 saturated heterocycles. The van der Waals surface area contributed by atoms with Gasteiger partial charge in [-0.1, -0.05) is 6.92 Å². The Kier molecular flexibility index (Phi) is 6.01. The number of hydrogen-bond donors (Lipinski definition) is 3. The van der Waals surface area contributed by atoms with Gasteiger partial charge in [0, 0.05) is 16.8 Å². The third-order valence-electron chi connectivity index (χ3n) is 5.02. The number of nitrogens with one attached hydrogen (secondary N) is 3. The van der Waals surface area contributed by atoms with Gasteiger partial charge in [0.2, 0.25) is 0 Å². The van der Waals surface area contributed by atoms with Crippen molar-refractivity contribution in [3.8, 4) is 5.75 Å². The number of esters is 1. The summed E-state index contributed by atoms with van der Waals surface area (Å²) in [7, 11) is 1.58. The number of piperidine rings is 1. The Balaban J connectivity index is 1.86. The molecule has 27 heavy (non-hydrogen) atoms. The van der Waals surface area contributed by atoms with Crippen molar-refractivity contribution in [1.82, 2.24) is 4.98 Å². The summed E-state index contributed by atoms with van der Waals surface area (Å²) in [5.41, 5.74) is 1.46. The van der Waals surface area contributed by atoms with Crippen molar-refractivity contribution >= 4 is 28.5 Å². The number of H-pyrrole nitrogens is 1. The van der Waals surface area contributed by atoms with Gasteiger partial charge in [0.15, 0.2) is 6.54 Å². The molecule has 1 amide bonds. The topological polar surface area (TPSA) is 84.9 Å². The fraction of sp³-hybridized carbons (Fsp3) is 0.500. The first-order valence-electron chi connectivity index (χ1n) is 9.52. The van der Waals surface area contributed by atoms with Crippen LogP contribution in [0.15, 0.2) is 18.2 Å². The number of methoxy groups -OCH3 is 1. The zero-order chi connectivity index (χ0) is 19.4. The number of amides is 1. The van der Waals surface area contributed by atoms with E-state index in [-0.39, 0.29) is 18.2 Å². The summed E-state index contributed by atoms with van der Waals surface area (Å²) in [6.07, 6.45) is 2.36. The average molecular weight is 374 g/mol. The first-order chi connectivity index (χ1) is 13.0. The number of carbonyl (C=O) groups excluding carboxylic acids is 2. The van der Waals surface area contributed by atoms with Crippen LogP contribution in [0.25, 0.3) is 10.9 Å². The molecule has 1 aliphatic heterocycles. The predicted molar refractivity (Wildman–Crippen MR) is 103 cm³/mol. The molecule has 1 aliphatic rings. The lowest BCUT2D eigenvalue weighted by atomic mass is 10.0. The smallest absolute Gasteiger partial charge is 0.356 e. The Morgan fingerprint density at radius 2 is 2.19 bits per heavy atom. The minimum absolute atomic E-state index is 0.103. The number of carbonyl (C=O) groups is 2. The molecule has 7 heteroatoms. The van der Waals surface area contributed by atoms with E-state index < -0.39 is 5.97 Å². The zero-order valence-electron chi connectivity index (χ0n) is 16.2. The molecule has 0 spiro atoms. The lowest BCUT2D eigenvalue weighted by molar-refractivity contribution is -0.900. The lowest BCUT2D eigenvalue weighted by Gasteiger charge is -2.27. The Morgan fingerprint density at radius 1 is 1.37 bits per heavy atom. The maximum Gasteiger partial charge on any atom is 0.356 e. The molecule has 1 aromatic heterocycles. The molecule has 2 aromatic rings. The van der Waals surface area contributed by atoms with Crippen molar-refractivity contribution in [1.29, 1.82) is 0 Å². The highest BCUT2D eigenvalue weighted by molar-refractivity contribution is 6.11. The van der Waals surface area contributed by atoms with E-state index in [9.17, 15) is 9.59 Å². The number of likely N-dealkylation sites (tertiary alicyclic amines) is 1. The SMILES string of the molecule is CCOC(=O)c1[nH]c2ccc(OC)cc2c1NC(=O)C[NH+]1CCC[C@H](C)C1. The number of benzene rings is 1. The second-order valence-corrected chi connectivity index (χ2v) is 7.18. The predicted octanol–water partition coefficient (Wildman–Crippen LogP) is 1.61. The first kappa shape index (κ1) is 19.2. The summed E-state index contributed by atoms with van der Waals surface area (Å²) in [6, 6.07) is 5.43. The number of aromatic amines is 1. The number of quaternary nitrogens is 1. The number of anilines is 1. The Hall–Kier alpha value is -2.54. The molecular formula is C20H28N3O4+. The fourth-order valence-corrected chi connectivity index (χ4v) is 3.75. The zero-order valence-corrected chi connectivity index (χ0v) is 16.2. The lowest BCUT2D eigenvalue weighted by Crippen LogP contribution is -3.14. The van der Waals surface area contributed by atoms with Crippen molar-refractivity contribution in [2.24, 2.45) is 5.92 Å². The molecule has 146 valence electrons. The quantitative estimate of drug-likeness (QED) is 0.671. The molecule has 2 heterocycles. The average Bonchev–Trinajstić information content (AvgIpc) is 2.99. The summed E-state index contributed by atoms with van der Waals surface area (Å²) in [5.74, 6) is 0.701. The fourth-order valence-electron chi connectivity index (χ4n) is 3.75. The summed E-state index contributed by atoms with van der Waals surface area (Å²) in [4.78, 5) is 29.4. The van der Waals surface area contributed by atoms with Crippen molar-refractivity contribution in [3.63, 3.8) is 0 Å². The van der Waals surface area contributed by atoms with Gasteiger partial charge in [-0.05, 0) is 38.0 Å². The molecule has 1 fully saturated rings. The van der Waals surface area contributed by atoms with Gasteiger partial charge in [0.25, 0.3) is 5.91 Å². The summed E-state index contributed by atoms with van der Waals surface area (Å²) >= 11 is 0. The molecule has 0 bridgehead atoms. The van der Waals surface area contributed by atoms with Gasteiger partial charge in [-0.2, -0.15) is 0 Å². The second-order valence-electron chi connectivity index (χ2n) is 7.18. The maximum atomic E-state index is 12.7. The van der Waals surface area contributed by atoms with Crippen LogP contribution in [-0.2, 0) is 9.53 Å². The highest BCUT2D eigenvalue weighted by atomic mass is 16.5. The molecule has 3 rings (SSSR count). The molecule has 0 saturated carbocycles. The highest BCUT2D eigenvalue weighted by Gasteiger charge is 2.25.